The van der Waals surface area contributed by atoms with E-state index in [1.54, 1.807) is 0 Å². The summed E-state index contributed by atoms with van der Waals surface area (Å²) in [7, 11) is 0. The SMILES string of the molecule is NCC1(Nc2ccc(Br)c(Cl)c2)CCCCCC1. The van der Waals surface area contributed by atoms with Gasteiger partial charge < -0.3 is 11.1 Å². The number of hydrogen-bond donors (Lipinski definition) is 2. The van der Waals surface area contributed by atoms with Gasteiger partial charge in [-0.15, -0.1) is 0 Å². The molecule has 3 N–H and O–H groups in total. The molecule has 0 unspecified atom stereocenters. The van der Waals surface area contributed by atoms with Gasteiger partial charge in [0.15, 0.2) is 0 Å². The van der Waals surface area contributed by atoms with Gasteiger partial charge in [-0.25, -0.2) is 0 Å². The van der Waals surface area contributed by atoms with Gasteiger partial charge in [-0.1, -0.05) is 37.3 Å². The lowest BCUT2D eigenvalue weighted by molar-refractivity contribution is 0.418. The third kappa shape index (κ3) is 3.40. The van der Waals surface area contributed by atoms with E-state index in [2.05, 4.69) is 27.3 Å². The van der Waals surface area contributed by atoms with Gasteiger partial charge in [0.2, 0.25) is 0 Å². The molecule has 2 nitrogen and oxygen atoms in total. The van der Waals surface area contributed by atoms with E-state index in [-0.39, 0.29) is 5.54 Å². The summed E-state index contributed by atoms with van der Waals surface area (Å²) in [5, 5.41) is 4.36. The summed E-state index contributed by atoms with van der Waals surface area (Å²) < 4.78 is 0.928. The van der Waals surface area contributed by atoms with Crippen LogP contribution in [0, 0.1) is 0 Å². The minimum absolute atomic E-state index is 0.0493. The van der Waals surface area contributed by atoms with Gasteiger partial charge in [0.1, 0.15) is 0 Å². The molecule has 1 fully saturated rings. The van der Waals surface area contributed by atoms with Crippen molar-refractivity contribution in [2.75, 3.05) is 11.9 Å². The Morgan fingerprint density at radius 3 is 2.44 bits per heavy atom. The molecule has 0 aromatic heterocycles. The Bertz CT molecular complexity index is 401. The summed E-state index contributed by atoms with van der Waals surface area (Å²) in [6, 6.07) is 6.00. The van der Waals surface area contributed by atoms with Gasteiger partial charge in [-0.05, 0) is 47.0 Å². The van der Waals surface area contributed by atoms with E-state index in [4.69, 9.17) is 17.3 Å². The highest BCUT2D eigenvalue weighted by molar-refractivity contribution is 9.10. The quantitative estimate of drug-likeness (QED) is 0.796. The highest BCUT2D eigenvalue weighted by atomic mass is 79.9. The molecule has 1 aromatic carbocycles. The maximum Gasteiger partial charge on any atom is 0.0568 e. The van der Waals surface area contributed by atoms with Crippen molar-refractivity contribution in [1.82, 2.24) is 0 Å². The third-order valence-corrected chi connectivity index (χ3v) is 5.01. The molecule has 4 heteroatoms. The summed E-state index contributed by atoms with van der Waals surface area (Å²) in [6.45, 7) is 0.681. The van der Waals surface area contributed by atoms with Crippen LogP contribution in [0.15, 0.2) is 22.7 Å². The van der Waals surface area contributed by atoms with Gasteiger partial charge in [-0.3, -0.25) is 0 Å². The first-order valence-electron chi connectivity index (χ1n) is 6.58. The van der Waals surface area contributed by atoms with Crippen LogP contribution in [-0.4, -0.2) is 12.1 Å². The summed E-state index contributed by atoms with van der Waals surface area (Å²) in [5.74, 6) is 0. The molecule has 0 aliphatic heterocycles. The number of rotatable bonds is 3. The molecular weight excluding hydrogens is 312 g/mol. The van der Waals surface area contributed by atoms with Crippen molar-refractivity contribution in [3.63, 3.8) is 0 Å². The molecule has 1 saturated carbocycles. The van der Waals surface area contributed by atoms with Crippen molar-refractivity contribution in [3.05, 3.63) is 27.7 Å². The van der Waals surface area contributed by atoms with Gasteiger partial charge in [-0.2, -0.15) is 0 Å². The van der Waals surface area contributed by atoms with Crippen molar-refractivity contribution in [3.8, 4) is 0 Å². The van der Waals surface area contributed by atoms with E-state index >= 15 is 0 Å². The lowest BCUT2D eigenvalue weighted by atomic mass is 9.90. The molecule has 1 aromatic rings. The van der Waals surface area contributed by atoms with E-state index < -0.39 is 0 Å². The lowest BCUT2D eigenvalue weighted by Crippen LogP contribution is -2.45. The standard InChI is InChI=1S/C14H20BrClN2/c15-12-6-5-11(9-13(12)16)18-14(10-17)7-3-1-2-4-8-14/h5-6,9,18H,1-4,7-8,10,17H2. The minimum atomic E-state index is 0.0493. The number of hydrogen-bond acceptors (Lipinski definition) is 2. The van der Waals surface area contributed by atoms with Crippen LogP contribution in [0.1, 0.15) is 38.5 Å². The van der Waals surface area contributed by atoms with Gasteiger partial charge >= 0.3 is 0 Å². The van der Waals surface area contributed by atoms with E-state index in [1.807, 2.05) is 12.1 Å². The largest absolute Gasteiger partial charge is 0.378 e. The smallest absolute Gasteiger partial charge is 0.0568 e. The zero-order valence-corrected chi connectivity index (χ0v) is 12.9. The van der Waals surface area contributed by atoms with Gasteiger partial charge in [0.05, 0.1) is 5.02 Å². The maximum atomic E-state index is 6.13. The minimum Gasteiger partial charge on any atom is -0.378 e. The average Bonchev–Trinajstić information content (AvgIpc) is 2.60. The summed E-state index contributed by atoms with van der Waals surface area (Å²) in [4.78, 5) is 0. The van der Waals surface area contributed by atoms with Crippen molar-refractivity contribution in [2.45, 2.75) is 44.1 Å². The molecule has 1 aliphatic rings. The fraction of sp³-hybridized carbons (Fsp3) is 0.571. The summed E-state index contributed by atoms with van der Waals surface area (Å²) in [5.41, 5.74) is 7.13. The molecule has 18 heavy (non-hydrogen) atoms. The number of nitrogens with two attached hydrogens (primary N) is 1. The second kappa shape index (κ2) is 6.27. The molecular formula is C14H20BrClN2. The van der Waals surface area contributed by atoms with Crippen molar-refractivity contribution < 1.29 is 0 Å². The number of nitrogens with one attached hydrogen (secondary N) is 1. The molecule has 2 rings (SSSR count). The van der Waals surface area contributed by atoms with Crippen LogP contribution in [0.4, 0.5) is 5.69 Å². The zero-order chi connectivity index (χ0) is 13.0. The average molecular weight is 332 g/mol. The first-order chi connectivity index (χ1) is 8.65. The monoisotopic (exact) mass is 330 g/mol. The Hall–Kier alpha value is -0.250. The number of halogens is 2. The van der Waals surface area contributed by atoms with Gasteiger partial charge in [0.25, 0.3) is 0 Å². The van der Waals surface area contributed by atoms with Crippen LogP contribution in [0.25, 0.3) is 0 Å². The predicted molar refractivity (Wildman–Crippen MR) is 82.3 cm³/mol. The molecule has 0 radical (unpaired) electrons. The Morgan fingerprint density at radius 1 is 1.22 bits per heavy atom. The Labute approximate surface area is 122 Å². The Balaban J connectivity index is 2.15. The van der Waals surface area contributed by atoms with E-state index in [1.165, 1.54) is 25.7 Å². The molecule has 100 valence electrons. The molecule has 0 amide bonds. The van der Waals surface area contributed by atoms with E-state index in [0.29, 0.717) is 6.54 Å². The van der Waals surface area contributed by atoms with Crippen LogP contribution < -0.4 is 11.1 Å². The molecule has 0 bridgehead atoms. The van der Waals surface area contributed by atoms with Crippen LogP contribution in [0.3, 0.4) is 0 Å². The van der Waals surface area contributed by atoms with Crippen molar-refractivity contribution in [2.24, 2.45) is 5.73 Å². The normalized spacial score (nSPS) is 19.3. The fourth-order valence-electron chi connectivity index (χ4n) is 2.67. The van der Waals surface area contributed by atoms with Crippen LogP contribution in [0.2, 0.25) is 5.02 Å². The fourth-order valence-corrected chi connectivity index (χ4v) is 3.09. The lowest BCUT2D eigenvalue weighted by Gasteiger charge is -2.34. The second-order valence-electron chi connectivity index (χ2n) is 5.15. The van der Waals surface area contributed by atoms with E-state index in [0.717, 1.165) is 28.0 Å². The first kappa shape index (κ1) is 14.2. The molecule has 0 heterocycles. The highest BCUT2D eigenvalue weighted by Crippen LogP contribution is 2.32. The topological polar surface area (TPSA) is 38.0 Å². The molecule has 0 spiro atoms. The third-order valence-electron chi connectivity index (χ3n) is 3.78. The molecule has 0 saturated heterocycles. The highest BCUT2D eigenvalue weighted by Gasteiger charge is 2.29. The zero-order valence-electron chi connectivity index (χ0n) is 10.5. The Morgan fingerprint density at radius 2 is 1.89 bits per heavy atom. The summed E-state index contributed by atoms with van der Waals surface area (Å²) >= 11 is 9.55. The summed E-state index contributed by atoms with van der Waals surface area (Å²) in [6.07, 6.45) is 7.46. The van der Waals surface area contributed by atoms with Crippen LogP contribution in [-0.2, 0) is 0 Å². The van der Waals surface area contributed by atoms with E-state index in [9.17, 15) is 0 Å². The first-order valence-corrected chi connectivity index (χ1v) is 7.76. The van der Waals surface area contributed by atoms with Crippen LogP contribution >= 0.6 is 27.5 Å². The van der Waals surface area contributed by atoms with Crippen molar-refractivity contribution >= 4 is 33.2 Å². The number of anilines is 1. The second-order valence-corrected chi connectivity index (χ2v) is 6.41. The Kier molecular flexibility index (Phi) is 4.93. The number of benzene rings is 1. The van der Waals surface area contributed by atoms with Crippen molar-refractivity contribution in [1.29, 1.82) is 0 Å². The van der Waals surface area contributed by atoms with Crippen LogP contribution in [0.5, 0.6) is 0 Å². The maximum absolute atomic E-state index is 6.13. The predicted octanol–water partition coefficient (Wildman–Crippen LogP) is 4.57. The molecule has 0 atom stereocenters. The molecule has 1 aliphatic carbocycles. The van der Waals surface area contributed by atoms with Gasteiger partial charge in [0, 0.05) is 22.2 Å².